The SMILES string of the molecule is NCc1cc(F)c(OCc2nccn2C(F)F)c(F)c1. The zero-order chi connectivity index (χ0) is 14.7. The van der Waals surface area contributed by atoms with Gasteiger partial charge in [-0.1, -0.05) is 0 Å². The Morgan fingerprint density at radius 1 is 1.25 bits per heavy atom. The highest BCUT2D eigenvalue weighted by Gasteiger charge is 2.16. The van der Waals surface area contributed by atoms with E-state index in [2.05, 4.69) is 4.98 Å². The van der Waals surface area contributed by atoms with E-state index >= 15 is 0 Å². The number of hydrogen-bond donors (Lipinski definition) is 1. The second-order valence-electron chi connectivity index (χ2n) is 3.91. The first kappa shape index (κ1) is 14.3. The first-order chi connectivity index (χ1) is 9.52. The first-order valence-corrected chi connectivity index (χ1v) is 5.63. The summed E-state index contributed by atoms with van der Waals surface area (Å²) < 4.78 is 57.7. The summed E-state index contributed by atoms with van der Waals surface area (Å²) in [6.45, 7) is -3.30. The maximum absolute atomic E-state index is 13.6. The largest absolute Gasteiger partial charge is 0.480 e. The predicted octanol–water partition coefficient (Wildman–Crippen LogP) is 2.59. The van der Waals surface area contributed by atoms with Crippen LogP contribution in [-0.4, -0.2) is 9.55 Å². The molecule has 0 spiro atoms. The van der Waals surface area contributed by atoms with Crippen molar-refractivity contribution in [3.8, 4) is 5.75 Å². The fourth-order valence-corrected chi connectivity index (χ4v) is 1.64. The summed E-state index contributed by atoms with van der Waals surface area (Å²) in [5.41, 5.74) is 5.54. The van der Waals surface area contributed by atoms with Gasteiger partial charge >= 0.3 is 6.55 Å². The maximum atomic E-state index is 13.6. The van der Waals surface area contributed by atoms with Gasteiger partial charge in [0.05, 0.1) is 0 Å². The molecule has 0 saturated heterocycles. The number of alkyl halides is 2. The second-order valence-corrected chi connectivity index (χ2v) is 3.91. The van der Waals surface area contributed by atoms with Gasteiger partial charge in [-0.3, -0.25) is 4.57 Å². The number of nitrogens with zero attached hydrogens (tertiary/aromatic N) is 2. The molecule has 8 heteroatoms. The lowest BCUT2D eigenvalue weighted by Crippen LogP contribution is -2.09. The Bertz CT molecular complexity index is 577. The summed E-state index contributed by atoms with van der Waals surface area (Å²) >= 11 is 0. The minimum absolute atomic E-state index is 0.0239. The van der Waals surface area contributed by atoms with Crippen molar-refractivity contribution < 1.29 is 22.3 Å². The predicted molar refractivity (Wildman–Crippen MR) is 62.1 cm³/mol. The average molecular weight is 289 g/mol. The van der Waals surface area contributed by atoms with Crippen molar-refractivity contribution in [1.82, 2.24) is 9.55 Å². The van der Waals surface area contributed by atoms with E-state index in [1.54, 1.807) is 0 Å². The van der Waals surface area contributed by atoms with Crippen LogP contribution in [0.3, 0.4) is 0 Å². The van der Waals surface area contributed by atoms with Crippen LogP contribution < -0.4 is 10.5 Å². The molecule has 2 N–H and O–H groups in total. The molecular formula is C12H11F4N3O. The Hall–Kier alpha value is -2.09. The van der Waals surface area contributed by atoms with E-state index in [1.807, 2.05) is 0 Å². The molecule has 1 heterocycles. The molecule has 2 rings (SSSR count). The molecule has 0 saturated carbocycles. The smallest absolute Gasteiger partial charge is 0.320 e. The molecule has 0 fully saturated rings. The second kappa shape index (κ2) is 5.91. The summed E-state index contributed by atoms with van der Waals surface area (Å²) in [7, 11) is 0. The summed E-state index contributed by atoms with van der Waals surface area (Å²) in [6.07, 6.45) is 2.20. The van der Waals surface area contributed by atoms with Crippen LogP contribution >= 0.6 is 0 Å². The van der Waals surface area contributed by atoms with Gasteiger partial charge in [0, 0.05) is 18.9 Å². The van der Waals surface area contributed by atoms with Crippen molar-refractivity contribution in [3.05, 3.63) is 47.5 Å². The van der Waals surface area contributed by atoms with E-state index in [9.17, 15) is 17.6 Å². The molecule has 0 aliphatic heterocycles. The molecule has 1 aromatic carbocycles. The van der Waals surface area contributed by atoms with Crippen LogP contribution in [0.2, 0.25) is 0 Å². The van der Waals surface area contributed by atoms with Crippen molar-refractivity contribution in [2.75, 3.05) is 0 Å². The number of ether oxygens (including phenoxy) is 1. The van der Waals surface area contributed by atoms with E-state index in [0.29, 0.717) is 4.57 Å². The summed E-state index contributed by atoms with van der Waals surface area (Å²) in [5, 5.41) is 0. The van der Waals surface area contributed by atoms with E-state index in [4.69, 9.17) is 10.5 Å². The van der Waals surface area contributed by atoms with Gasteiger partial charge in [0.25, 0.3) is 0 Å². The van der Waals surface area contributed by atoms with Gasteiger partial charge in [-0.2, -0.15) is 8.78 Å². The van der Waals surface area contributed by atoms with Crippen LogP contribution in [0, 0.1) is 11.6 Å². The van der Waals surface area contributed by atoms with Crippen LogP contribution in [-0.2, 0) is 13.2 Å². The lowest BCUT2D eigenvalue weighted by molar-refractivity contribution is 0.0629. The number of nitrogens with two attached hydrogens (primary N) is 1. The molecule has 1 aromatic heterocycles. The van der Waals surface area contributed by atoms with Crippen molar-refractivity contribution in [2.24, 2.45) is 5.73 Å². The fourth-order valence-electron chi connectivity index (χ4n) is 1.64. The number of hydrogen-bond acceptors (Lipinski definition) is 3. The van der Waals surface area contributed by atoms with Gasteiger partial charge in [0.1, 0.15) is 6.61 Å². The third kappa shape index (κ3) is 2.90. The Kier molecular flexibility index (Phi) is 4.23. The summed E-state index contributed by atoms with van der Waals surface area (Å²) in [4.78, 5) is 3.64. The van der Waals surface area contributed by atoms with Gasteiger partial charge in [-0.25, -0.2) is 13.8 Å². The zero-order valence-electron chi connectivity index (χ0n) is 10.2. The summed E-state index contributed by atoms with van der Waals surface area (Å²) in [5.74, 6) is -2.67. The molecule has 2 aromatic rings. The van der Waals surface area contributed by atoms with Gasteiger partial charge in [-0.05, 0) is 17.7 Å². The van der Waals surface area contributed by atoms with E-state index in [1.165, 1.54) is 0 Å². The van der Waals surface area contributed by atoms with E-state index in [0.717, 1.165) is 24.5 Å². The van der Waals surface area contributed by atoms with Gasteiger partial charge < -0.3 is 10.5 Å². The number of imidazole rings is 1. The highest BCUT2D eigenvalue weighted by Crippen LogP contribution is 2.24. The lowest BCUT2D eigenvalue weighted by Gasteiger charge is -2.10. The van der Waals surface area contributed by atoms with Gasteiger partial charge in [0.15, 0.2) is 23.2 Å². The third-order valence-corrected chi connectivity index (χ3v) is 2.60. The van der Waals surface area contributed by atoms with Gasteiger partial charge in [0.2, 0.25) is 0 Å². The van der Waals surface area contributed by atoms with Gasteiger partial charge in [-0.15, -0.1) is 0 Å². The van der Waals surface area contributed by atoms with Crippen LogP contribution in [0.25, 0.3) is 0 Å². The highest BCUT2D eigenvalue weighted by molar-refractivity contribution is 5.31. The highest BCUT2D eigenvalue weighted by atomic mass is 19.3. The Balaban J connectivity index is 2.17. The topological polar surface area (TPSA) is 53.1 Å². The van der Waals surface area contributed by atoms with Crippen LogP contribution in [0.5, 0.6) is 5.75 Å². The molecule has 0 amide bonds. The minimum Gasteiger partial charge on any atom is -0.480 e. The van der Waals surface area contributed by atoms with Crippen molar-refractivity contribution in [1.29, 1.82) is 0 Å². The average Bonchev–Trinajstić information content (AvgIpc) is 2.86. The number of aromatic nitrogens is 2. The molecule has 0 radical (unpaired) electrons. The minimum atomic E-state index is -2.80. The quantitative estimate of drug-likeness (QED) is 0.861. The third-order valence-electron chi connectivity index (χ3n) is 2.60. The number of benzene rings is 1. The zero-order valence-corrected chi connectivity index (χ0v) is 10.2. The van der Waals surface area contributed by atoms with E-state index < -0.39 is 30.5 Å². The van der Waals surface area contributed by atoms with Crippen LogP contribution in [0.4, 0.5) is 17.6 Å². The standard InChI is InChI=1S/C12H11F4N3O/c13-8-3-7(5-17)4-9(14)11(8)20-6-10-18-1-2-19(10)12(15)16/h1-4,12H,5-6,17H2. The molecular weight excluding hydrogens is 278 g/mol. The lowest BCUT2D eigenvalue weighted by atomic mass is 10.2. The molecule has 0 aliphatic rings. The molecule has 0 bridgehead atoms. The fraction of sp³-hybridized carbons (Fsp3) is 0.250. The Morgan fingerprint density at radius 2 is 1.90 bits per heavy atom. The number of halogens is 4. The number of rotatable bonds is 5. The van der Waals surface area contributed by atoms with E-state index in [-0.39, 0.29) is 17.9 Å². The molecule has 0 aliphatic carbocycles. The molecule has 20 heavy (non-hydrogen) atoms. The van der Waals surface area contributed by atoms with Crippen molar-refractivity contribution in [3.63, 3.8) is 0 Å². The maximum Gasteiger partial charge on any atom is 0.320 e. The normalized spacial score (nSPS) is 11.1. The van der Waals surface area contributed by atoms with Crippen molar-refractivity contribution >= 4 is 0 Å². The van der Waals surface area contributed by atoms with Crippen molar-refractivity contribution in [2.45, 2.75) is 19.7 Å². The monoisotopic (exact) mass is 289 g/mol. The molecule has 0 unspecified atom stereocenters. The summed E-state index contributed by atoms with van der Waals surface area (Å²) in [6, 6.07) is 2.05. The molecule has 108 valence electrons. The molecule has 4 nitrogen and oxygen atoms in total. The van der Waals surface area contributed by atoms with Crippen LogP contribution in [0.15, 0.2) is 24.5 Å². The first-order valence-electron chi connectivity index (χ1n) is 5.63. The Morgan fingerprint density at radius 3 is 2.45 bits per heavy atom. The Labute approximate surface area is 111 Å². The van der Waals surface area contributed by atoms with Crippen LogP contribution in [0.1, 0.15) is 17.9 Å². The molecule has 0 atom stereocenters.